The lowest BCUT2D eigenvalue weighted by Crippen LogP contribution is -2.55. The first kappa shape index (κ1) is 21.6. The van der Waals surface area contributed by atoms with Gasteiger partial charge in [0, 0.05) is 26.2 Å². The number of carbonyl (C=O) groups excluding carboxylic acids is 3. The molecule has 3 fully saturated rings. The number of urea groups is 1. The molecule has 31 heavy (non-hydrogen) atoms. The Hall–Kier alpha value is -2.61. The number of piperidine rings is 1. The summed E-state index contributed by atoms with van der Waals surface area (Å²) < 4.78 is 5.60. The fourth-order valence-electron chi connectivity index (χ4n) is 5.02. The molecule has 3 heterocycles. The van der Waals surface area contributed by atoms with Gasteiger partial charge in [-0.25, -0.2) is 4.79 Å². The minimum atomic E-state index is -0.777. The summed E-state index contributed by atoms with van der Waals surface area (Å²) in [6, 6.07) is 6.60. The van der Waals surface area contributed by atoms with Crippen molar-refractivity contribution in [3.63, 3.8) is 0 Å². The van der Waals surface area contributed by atoms with E-state index in [1.54, 1.807) is 17.0 Å². The third-order valence-electron chi connectivity index (χ3n) is 6.68. The minimum absolute atomic E-state index is 0.123. The fourth-order valence-corrected chi connectivity index (χ4v) is 5.02. The van der Waals surface area contributed by atoms with Crippen molar-refractivity contribution in [3.05, 3.63) is 29.8 Å². The zero-order chi connectivity index (χ0) is 22.0. The van der Waals surface area contributed by atoms with Crippen molar-refractivity contribution < 1.29 is 19.1 Å². The number of likely N-dealkylation sites (tertiary alicyclic amines) is 2. The number of nitrogens with one attached hydrogen (secondary N) is 1. The van der Waals surface area contributed by atoms with Crippen LogP contribution in [-0.4, -0.2) is 83.5 Å². The molecule has 3 aliphatic rings. The molecule has 0 bridgehead atoms. The summed E-state index contributed by atoms with van der Waals surface area (Å²) in [5.74, 6) is 0.315. The van der Waals surface area contributed by atoms with Crippen molar-refractivity contribution in [3.8, 4) is 5.75 Å². The van der Waals surface area contributed by atoms with E-state index in [4.69, 9.17) is 4.74 Å². The van der Waals surface area contributed by atoms with Crippen LogP contribution in [0.3, 0.4) is 0 Å². The quantitative estimate of drug-likeness (QED) is 0.702. The second kappa shape index (κ2) is 8.86. The molecule has 0 aromatic heterocycles. The van der Waals surface area contributed by atoms with E-state index in [-0.39, 0.29) is 23.9 Å². The van der Waals surface area contributed by atoms with Gasteiger partial charge in [-0.2, -0.15) is 0 Å². The van der Waals surface area contributed by atoms with Crippen LogP contribution in [0.5, 0.6) is 5.75 Å². The molecule has 1 aromatic rings. The maximum Gasteiger partial charge on any atom is 0.325 e. The third kappa shape index (κ3) is 4.01. The molecule has 1 aromatic carbocycles. The average Bonchev–Trinajstić information content (AvgIpc) is 3.33. The van der Waals surface area contributed by atoms with Crippen LogP contribution in [0, 0.1) is 0 Å². The molecular weight excluding hydrogens is 396 g/mol. The molecule has 0 aliphatic carbocycles. The van der Waals surface area contributed by atoms with Crippen LogP contribution in [0.1, 0.15) is 49.9 Å². The molecule has 1 N–H and O–H groups in total. The van der Waals surface area contributed by atoms with Gasteiger partial charge in [0.15, 0.2) is 0 Å². The molecule has 8 nitrogen and oxygen atoms in total. The fraction of sp³-hybridized carbons (Fsp3) is 0.609. The summed E-state index contributed by atoms with van der Waals surface area (Å²) in [4.78, 5) is 44.7. The highest BCUT2D eigenvalue weighted by Crippen LogP contribution is 2.33. The number of ether oxygens (including phenoxy) is 1. The van der Waals surface area contributed by atoms with Crippen molar-refractivity contribution in [2.24, 2.45) is 0 Å². The van der Waals surface area contributed by atoms with Crippen molar-refractivity contribution in [1.82, 2.24) is 20.0 Å². The first-order valence-corrected chi connectivity index (χ1v) is 11.4. The Morgan fingerprint density at radius 2 is 1.90 bits per heavy atom. The van der Waals surface area contributed by atoms with Crippen molar-refractivity contribution in [2.45, 2.75) is 51.1 Å². The lowest BCUT2D eigenvalue weighted by Gasteiger charge is -2.37. The number of rotatable bonds is 6. The van der Waals surface area contributed by atoms with Crippen molar-refractivity contribution in [1.29, 1.82) is 0 Å². The van der Waals surface area contributed by atoms with E-state index in [1.165, 1.54) is 4.90 Å². The smallest absolute Gasteiger partial charge is 0.325 e. The van der Waals surface area contributed by atoms with Gasteiger partial charge in [-0.1, -0.05) is 19.1 Å². The van der Waals surface area contributed by atoms with Crippen molar-refractivity contribution in [2.75, 3.05) is 39.3 Å². The van der Waals surface area contributed by atoms with Crippen LogP contribution < -0.4 is 10.1 Å². The molecule has 3 saturated heterocycles. The van der Waals surface area contributed by atoms with Crippen molar-refractivity contribution >= 4 is 17.8 Å². The summed E-state index contributed by atoms with van der Waals surface area (Å²) in [6.45, 7) is 8.03. The van der Waals surface area contributed by atoms with E-state index in [1.807, 2.05) is 19.1 Å². The van der Waals surface area contributed by atoms with Crippen LogP contribution in [0.4, 0.5) is 4.79 Å². The molecule has 1 atom stereocenters. The van der Waals surface area contributed by atoms with Gasteiger partial charge in [0.2, 0.25) is 0 Å². The van der Waals surface area contributed by atoms with Gasteiger partial charge in [-0.05, 0) is 51.3 Å². The van der Waals surface area contributed by atoms with Crippen LogP contribution >= 0.6 is 0 Å². The van der Waals surface area contributed by atoms with E-state index < -0.39 is 5.54 Å². The monoisotopic (exact) mass is 428 g/mol. The first-order valence-electron chi connectivity index (χ1n) is 11.4. The summed E-state index contributed by atoms with van der Waals surface area (Å²) in [7, 11) is 0. The lowest BCUT2D eigenvalue weighted by molar-refractivity contribution is -0.134. The van der Waals surface area contributed by atoms with E-state index in [0.717, 1.165) is 26.1 Å². The standard InChI is InChI=1S/C23H32N4O4/c1-3-12-25-14-10-23(11-15-25)21(29)27(22(30)24-23)17-9-13-26(16-17)20(28)18-7-5-6-8-19(18)31-4-2/h5-8,17H,3-4,9-16H2,1-2H3,(H,24,30)/t17-/m0/s1. The SMILES string of the molecule is CCCN1CCC2(CC1)NC(=O)N([C@H]1CCN(C(=O)c3ccccc3OCC)C1)C2=O. The average molecular weight is 429 g/mol. The predicted molar refractivity (Wildman–Crippen MR) is 116 cm³/mol. The van der Waals surface area contributed by atoms with Gasteiger partial charge in [0.05, 0.1) is 18.2 Å². The highest BCUT2D eigenvalue weighted by molar-refractivity contribution is 6.07. The largest absolute Gasteiger partial charge is 0.493 e. The second-order valence-corrected chi connectivity index (χ2v) is 8.65. The van der Waals surface area contributed by atoms with Crippen LogP contribution in [0.25, 0.3) is 0 Å². The predicted octanol–water partition coefficient (Wildman–Crippen LogP) is 2.10. The summed E-state index contributed by atoms with van der Waals surface area (Å²) >= 11 is 0. The van der Waals surface area contributed by atoms with E-state index in [9.17, 15) is 14.4 Å². The highest BCUT2D eigenvalue weighted by atomic mass is 16.5. The molecular formula is C23H32N4O4. The first-order chi connectivity index (χ1) is 15.0. The number of amides is 4. The Kier molecular flexibility index (Phi) is 6.18. The zero-order valence-electron chi connectivity index (χ0n) is 18.4. The van der Waals surface area contributed by atoms with E-state index >= 15 is 0 Å². The molecule has 0 saturated carbocycles. The second-order valence-electron chi connectivity index (χ2n) is 8.65. The van der Waals surface area contributed by atoms with Gasteiger partial charge in [0.1, 0.15) is 11.3 Å². The topological polar surface area (TPSA) is 82.2 Å². The number of hydrogen-bond acceptors (Lipinski definition) is 5. The number of hydrogen-bond donors (Lipinski definition) is 1. The zero-order valence-corrected chi connectivity index (χ0v) is 18.4. The molecule has 8 heteroatoms. The minimum Gasteiger partial charge on any atom is -0.493 e. The molecule has 4 amide bonds. The third-order valence-corrected chi connectivity index (χ3v) is 6.68. The van der Waals surface area contributed by atoms with Gasteiger partial charge < -0.3 is 19.9 Å². The molecule has 4 rings (SSSR count). The van der Waals surface area contributed by atoms with E-state index in [2.05, 4.69) is 17.1 Å². The lowest BCUT2D eigenvalue weighted by atomic mass is 9.87. The molecule has 3 aliphatic heterocycles. The summed E-state index contributed by atoms with van der Waals surface area (Å²) in [6.07, 6.45) is 2.97. The number of carbonyl (C=O) groups is 3. The highest BCUT2D eigenvalue weighted by Gasteiger charge is 2.54. The Bertz CT molecular complexity index is 850. The Labute approximate surface area is 183 Å². The molecule has 0 unspecified atom stereocenters. The van der Waals surface area contributed by atoms with Crippen LogP contribution in [0.2, 0.25) is 0 Å². The van der Waals surface area contributed by atoms with Gasteiger partial charge in [0.25, 0.3) is 11.8 Å². The summed E-state index contributed by atoms with van der Waals surface area (Å²) in [5.41, 5.74) is -0.262. The Balaban J connectivity index is 1.43. The number of nitrogens with zero attached hydrogens (tertiary/aromatic N) is 3. The summed E-state index contributed by atoms with van der Waals surface area (Å²) in [5, 5.41) is 3.00. The normalized spacial score (nSPS) is 23.5. The van der Waals surface area contributed by atoms with Gasteiger partial charge in [-0.3, -0.25) is 14.5 Å². The molecule has 0 radical (unpaired) electrons. The van der Waals surface area contributed by atoms with Gasteiger partial charge >= 0.3 is 6.03 Å². The van der Waals surface area contributed by atoms with Gasteiger partial charge in [-0.15, -0.1) is 0 Å². The maximum absolute atomic E-state index is 13.3. The number of para-hydroxylation sites is 1. The van der Waals surface area contributed by atoms with Crippen LogP contribution in [-0.2, 0) is 4.79 Å². The Morgan fingerprint density at radius 3 is 2.61 bits per heavy atom. The Morgan fingerprint density at radius 1 is 1.16 bits per heavy atom. The molecule has 168 valence electrons. The van der Waals surface area contributed by atoms with Crippen LogP contribution in [0.15, 0.2) is 24.3 Å². The van der Waals surface area contributed by atoms with E-state index in [0.29, 0.717) is 50.3 Å². The number of benzene rings is 1. The maximum atomic E-state index is 13.3. The molecule has 1 spiro atoms. The number of imide groups is 1.